The maximum atomic E-state index is 5.75. The van der Waals surface area contributed by atoms with E-state index in [2.05, 4.69) is 6.92 Å². The molecule has 64 valence electrons. The zero-order valence-corrected chi connectivity index (χ0v) is 7.71. The van der Waals surface area contributed by atoms with E-state index in [0.717, 1.165) is 12.2 Å². The lowest BCUT2D eigenvalue weighted by molar-refractivity contribution is 0.479. The second kappa shape index (κ2) is 4.83. The third-order valence-corrected chi connectivity index (χ3v) is 1.57. The van der Waals surface area contributed by atoms with Gasteiger partial charge in [-0.25, -0.2) is 0 Å². The molecule has 1 aromatic carbocycles. The molecule has 1 nitrogen and oxygen atoms in total. The largest absolute Gasteiger partial charge is 0.465 e. The van der Waals surface area contributed by atoms with Crippen molar-refractivity contribution in [2.24, 2.45) is 0 Å². The van der Waals surface area contributed by atoms with E-state index in [9.17, 15) is 0 Å². The molecule has 0 amide bonds. The fourth-order valence-electron chi connectivity index (χ4n) is 0.763. The SMILES string of the molecule is CCC=COc1cccc(Cl)c1. The number of hydrogen-bond acceptors (Lipinski definition) is 1. The minimum Gasteiger partial charge on any atom is -0.465 e. The van der Waals surface area contributed by atoms with Crippen molar-refractivity contribution in [3.63, 3.8) is 0 Å². The van der Waals surface area contributed by atoms with Crippen molar-refractivity contribution < 1.29 is 4.74 Å². The van der Waals surface area contributed by atoms with Crippen molar-refractivity contribution >= 4 is 11.6 Å². The van der Waals surface area contributed by atoms with Gasteiger partial charge in [0.15, 0.2) is 0 Å². The fourth-order valence-corrected chi connectivity index (χ4v) is 0.943. The Bertz CT molecular complexity index is 268. The zero-order valence-electron chi connectivity index (χ0n) is 6.96. The van der Waals surface area contributed by atoms with Gasteiger partial charge in [0.1, 0.15) is 5.75 Å². The second-order valence-electron chi connectivity index (χ2n) is 2.36. The lowest BCUT2D eigenvalue weighted by Gasteiger charge is -1.98. The summed E-state index contributed by atoms with van der Waals surface area (Å²) >= 11 is 5.75. The van der Waals surface area contributed by atoms with Crippen LogP contribution in [0, 0.1) is 0 Å². The van der Waals surface area contributed by atoms with Crippen LogP contribution in [0.1, 0.15) is 13.3 Å². The first-order valence-electron chi connectivity index (χ1n) is 3.90. The molecule has 0 fully saturated rings. The molecule has 0 aliphatic carbocycles. The van der Waals surface area contributed by atoms with Gasteiger partial charge in [-0.3, -0.25) is 0 Å². The van der Waals surface area contributed by atoms with E-state index in [4.69, 9.17) is 16.3 Å². The number of allylic oxidation sites excluding steroid dienone is 1. The molecule has 0 atom stereocenters. The highest BCUT2D eigenvalue weighted by Gasteiger charge is 1.90. The predicted molar refractivity (Wildman–Crippen MR) is 51.5 cm³/mol. The highest BCUT2D eigenvalue weighted by molar-refractivity contribution is 6.30. The Hall–Kier alpha value is -0.950. The Morgan fingerprint density at radius 1 is 1.50 bits per heavy atom. The van der Waals surface area contributed by atoms with Crippen LogP contribution < -0.4 is 4.74 Å². The van der Waals surface area contributed by atoms with Crippen LogP contribution in [0.25, 0.3) is 0 Å². The minimum atomic E-state index is 0.692. The summed E-state index contributed by atoms with van der Waals surface area (Å²) < 4.78 is 5.26. The van der Waals surface area contributed by atoms with Crippen molar-refractivity contribution in [3.05, 3.63) is 41.6 Å². The summed E-state index contributed by atoms with van der Waals surface area (Å²) in [6.07, 6.45) is 4.59. The summed E-state index contributed by atoms with van der Waals surface area (Å²) in [7, 11) is 0. The molecule has 0 saturated heterocycles. The zero-order chi connectivity index (χ0) is 8.81. The maximum Gasteiger partial charge on any atom is 0.127 e. The van der Waals surface area contributed by atoms with Gasteiger partial charge in [-0.15, -0.1) is 0 Å². The monoisotopic (exact) mass is 182 g/mol. The third kappa shape index (κ3) is 2.97. The van der Waals surface area contributed by atoms with Crippen LogP contribution in [-0.4, -0.2) is 0 Å². The van der Waals surface area contributed by atoms with Crippen LogP contribution in [-0.2, 0) is 0 Å². The molecule has 0 heterocycles. The van der Waals surface area contributed by atoms with Gasteiger partial charge >= 0.3 is 0 Å². The number of hydrogen-bond donors (Lipinski definition) is 0. The molecule has 1 rings (SSSR count). The molecule has 0 radical (unpaired) electrons. The second-order valence-corrected chi connectivity index (χ2v) is 2.79. The van der Waals surface area contributed by atoms with E-state index in [-0.39, 0.29) is 0 Å². The van der Waals surface area contributed by atoms with Crippen molar-refractivity contribution in [3.8, 4) is 5.75 Å². The molecule has 2 heteroatoms. The Balaban J connectivity index is 2.57. The van der Waals surface area contributed by atoms with Gasteiger partial charge in [-0.2, -0.15) is 0 Å². The fraction of sp³-hybridized carbons (Fsp3) is 0.200. The van der Waals surface area contributed by atoms with E-state index in [1.165, 1.54) is 0 Å². The Morgan fingerprint density at radius 3 is 3.00 bits per heavy atom. The molecular formula is C10H11ClO. The van der Waals surface area contributed by atoms with Crippen LogP contribution in [0.15, 0.2) is 36.6 Å². The van der Waals surface area contributed by atoms with Gasteiger partial charge in [0.2, 0.25) is 0 Å². The summed E-state index contributed by atoms with van der Waals surface area (Å²) in [4.78, 5) is 0. The van der Waals surface area contributed by atoms with Crippen LogP contribution in [0.4, 0.5) is 0 Å². The van der Waals surface area contributed by atoms with Crippen molar-refractivity contribution in [2.45, 2.75) is 13.3 Å². The van der Waals surface area contributed by atoms with Crippen molar-refractivity contribution in [1.29, 1.82) is 0 Å². The Morgan fingerprint density at radius 2 is 2.33 bits per heavy atom. The van der Waals surface area contributed by atoms with E-state index in [1.54, 1.807) is 12.3 Å². The first-order chi connectivity index (χ1) is 5.83. The molecule has 1 aromatic rings. The molecule has 12 heavy (non-hydrogen) atoms. The van der Waals surface area contributed by atoms with E-state index in [0.29, 0.717) is 5.02 Å². The first kappa shape index (κ1) is 9.14. The molecule has 0 aliphatic heterocycles. The number of rotatable bonds is 3. The number of ether oxygens (including phenoxy) is 1. The van der Waals surface area contributed by atoms with Gasteiger partial charge in [0.05, 0.1) is 6.26 Å². The van der Waals surface area contributed by atoms with Gasteiger partial charge in [-0.1, -0.05) is 24.6 Å². The average molecular weight is 183 g/mol. The molecule has 0 bridgehead atoms. The Kier molecular flexibility index (Phi) is 3.68. The van der Waals surface area contributed by atoms with Gasteiger partial charge < -0.3 is 4.74 Å². The standard InChI is InChI=1S/C10H11ClO/c1-2-3-7-12-10-6-4-5-9(11)8-10/h3-8H,2H2,1H3. The first-order valence-corrected chi connectivity index (χ1v) is 4.28. The van der Waals surface area contributed by atoms with Gasteiger partial charge in [-0.05, 0) is 30.7 Å². The van der Waals surface area contributed by atoms with E-state index in [1.807, 2.05) is 24.3 Å². The van der Waals surface area contributed by atoms with E-state index < -0.39 is 0 Å². The lowest BCUT2D eigenvalue weighted by atomic mass is 10.3. The van der Waals surface area contributed by atoms with Crippen molar-refractivity contribution in [2.75, 3.05) is 0 Å². The summed E-state index contributed by atoms with van der Waals surface area (Å²) in [6, 6.07) is 7.32. The molecule has 0 aliphatic rings. The molecule has 0 saturated carbocycles. The Labute approximate surface area is 77.6 Å². The summed E-state index contributed by atoms with van der Waals surface area (Å²) in [5, 5.41) is 0.692. The summed E-state index contributed by atoms with van der Waals surface area (Å²) in [6.45, 7) is 2.05. The molecular weight excluding hydrogens is 172 g/mol. The molecule has 0 unspecified atom stereocenters. The van der Waals surface area contributed by atoms with Crippen LogP contribution in [0.3, 0.4) is 0 Å². The third-order valence-electron chi connectivity index (χ3n) is 1.33. The predicted octanol–water partition coefficient (Wildman–Crippen LogP) is 3.64. The van der Waals surface area contributed by atoms with Gasteiger partial charge in [0, 0.05) is 5.02 Å². The minimum absolute atomic E-state index is 0.692. The summed E-state index contributed by atoms with van der Waals surface area (Å²) in [5.74, 6) is 0.771. The van der Waals surface area contributed by atoms with Crippen molar-refractivity contribution in [1.82, 2.24) is 0 Å². The topological polar surface area (TPSA) is 9.23 Å². The highest BCUT2D eigenvalue weighted by Crippen LogP contribution is 2.17. The lowest BCUT2D eigenvalue weighted by Crippen LogP contribution is -1.80. The quantitative estimate of drug-likeness (QED) is 0.649. The number of benzene rings is 1. The molecule has 0 N–H and O–H groups in total. The van der Waals surface area contributed by atoms with Gasteiger partial charge in [0.25, 0.3) is 0 Å². The smallest absolute Gasteiger partial charge is 0.127 e. The molecule has 0 spiro atoms. The van der Waals surface area contributed by atoms with Crippen LogP contribution in [0.5, 0.6) is 5.75 Å². The maximum absolute atomic E-state index is 5.75. The number of halogens is 1. The summed E-state index contributed by atoms with van der Waals surface area (Å²) in [5.41, 5.74) is 0. The molecule has 0 aromatic heterocycles. The van der Waals surface area contributed by atoms with Crippen LogP contribution >= 0.6 is 11.6 Å². The average Bonchev–Trinajstić information content (AvgIpc) is 2.05. The van der Waals surface area contributed by atoms with Crippen LogP contribution in [0.2, 0.25) is 5.02 Å². The normalized spacial score (nSPS) is 10.5. The van der Waals surface area contributed by atoms with E-state index >= 15 is 0 Å². The highest BCUT2D eigenvalue weighted by atomic mass is 35.5.